The largest absolute Gasteiger partial charge is 0.494 e. The molecule has 108 valence electrons. The Morgan fingerprint density at radius 2 is 2.14 bits per heavy atom. The van der Waals surface area contributed by atoms with Crippen LogP contribution in [0.2, 0.25) is 0 Å². The second-order valence-corrected chi connectivity index (χ2v) is 4.35. The van der Waals surface area contributed by atoms with Gasteiger partial charge in [0.05, 0.1) is 12.8 Å². The Hall–Kier alpha value is -2.76. The van der Waals surface area contributed by atoms with Crippen molar-refractivity contribution >= 4 is 11.5 Å². The molecule has 0 aliphatic rings. The van der Waals surface area contributed by atoms with Crippen molar-refractivity contribution in [2.24, 2.45) is 0 Å². The molecule has 0 saturated carbocycles. The maximum Gasteiger partial charge on any atom is 0.265 e. The molecule has 6 heteroatoms. The number of hydrogen-bond acceptors (Lipinski definition) is 5. The number of imidazole rings is 1. The molecule has 3 aromatic rings. The van der Waals surface area contributed by atoms with Gasteiger partial charge >= 0.3 is 0 Å². The van der Waals surface area contributed by atoms with E-state index in [0.29, 0.717) is 29.7 Å². The highest BCUT2D eigenvalue weighted by Crippen LogP contribution is 2.27. The molecule has 0 unspecified atom stereocenters. The molecule has 0 aliphatic carbocycles. The highest BCUT2D eigenvalue weighted by molar-refractivity contribution is 5.55. The molecule has 0 spiro atoms. The molecule has 1 aromatic carbocycles. The van der Waals surface area contributed by atoms with Gasteiger partial charge in [0.2, 0.25) is 5.65 Å². The molecule has 3 rings (SSSR count). The van der Waals surface area contributed by atoms with E-state index in [1.54, 1.807) is 6.20 Å². The number of ether oxygens (including phenoxy) is 2. The first-order chi connectivity index (χ1) is 10.3. The van der Waals surface area contributed by atoms with E-state index in [-0.39, 0.29) is 0 Å². The summed E-state index contributed by atoms with van der Waals surface area (Å²) in [7, 11) is 1.81. The van der Waals surface area contributed by atoms with Gasteiger partial charge < -0.3 is 14.8 Å². The predicted octanol–water partition coefficient (Wildman–Crippen LogP) is 2.96. The van der Waals surface area contributed by atoms with Crippen LogP contribution in [-0.4, -0.2) is 28.0 Å². The van der Waals surface area contributed by atoms with Crippen LogP contribution in [0.15, 0.2) is 42.9 Å². The number of nitrogens with one attached hydrogen (secondary N) is 1. The summed E-state index contributed by atoms with van der Waals surface area (Å²) in [6, 6.07) is 7.45. The van der Waals surface area contributed by atoms with Crippen LogP contribution in [0.25, 0.3) is 5.65 Å². The van der Waals surface area contributed by atoms with Crippen molar-refractivity contribution in [3.8, 4) is 17.4 Å². The minimum absolute atomic E-state index is 0.445. The van der Waals surface area contributed by atoms with E-state index in [0.717, 1.165) is 5.75 Å². The van der Waals surface area contributed by atoms with E-state index >= 15 is 0 Å². The van der Waals surface area contributed by atoms with E-state index < -0.39 is 0 Å². The van der Waals surface area contributed by atoms with Gasteiger partial charge in [-0.2, -0.15) is 4.98 Å². The molecule has 0 amide bonds. The maximum absolute atomic E-state index is 5.87. The average molecular weight is 284 g/mol. The summed E-state index contributed by atoms with van der Waals surface area (Å²) in [5, 5.41) is 3.00. The van der Waals surface area contributed by atoms with Gasteiger partial charge in [0.25, 0.3) is 5.88 Å². The Morgan fingerprint density at radius 1 is 1.29 bits per heavy atom. The number of hydrogen-bond donors (Lipinski definition) is 1. The van der Waals surface area contributed by atoms with E-state index in [4.69, 9.17) is 9.47 Å². The normalized spacial score (nSPS) is 10.6. The molecule has 1 N–H and O–H groups in total. The molecule has 6 nitrogen and oxygen atoms in total. The number of benzene rings is 1. The van der Waals surface area contributed by atoms with Crippen LogP contribution >= 0.6 is 0 Å². The fourth-order valence-electron chi connectivity index (χ4n) is 2.00. The minimum atomic E-state index is 0.445. The molecule has 0 atom stereocenters. The Kier molecular flexibility index (Phi) is 3.59. The summed E-state index contributed by atoms with van der Waals surface area (Å²) >= 11 is 0. The first-order valence-electron chi connectivity index (χ1n) is 6.72. The monoisotopic (exact) mass is 284 g/mol. The van der Waals surface area contributed by atoms with Crippen molar-refractivity contribution in [3.63, 3.8) is 0 Å². The van der Waals surface area contributed by atoms with Gasteiger partial charge in [0.15, 0.2) is 0 Å². The van der Waals surface area contributed by atoms with Gasteiger partial charge in [-0.05, 0) is 19.1 Å². The standard InChI is InChI=1S/C15H16N4O2/c1-3-20-11-5-4-6-12(9-11)21-15-14-17-7-8-19(14)10-13(16-2)18-15/h4-10,16H,3H2,1-2H3. The predicted molar refractivity (Wildman–Crippen MR) is 80.2 cm³/mol. The van der Waals surface area contributed by atoms with E-state index in [2.05, 4.69) is 15.3 Å². The molecular weight excluding hydrogens is 268 g/mol. The summed E-state index contributed by atoms with van der Waals surface area (Å²) in [5.74, 6) is 2.57. The first kappa shape index (κ1) is 13.2. The highest BCUT2D eigenvalue weighted by atomic mass is 16.5. The van der Waals surface area contributed by atoms with Gasteiger partial charge in [-0.15, -0.1) is 0 Å². The SMILES string of the molecule is CCOc1cccc(Oc2nc(NC)cn3ccnc23)c1. The summed E-state index contributed by atoms with van der Waals surface area (Å²) < 4.78 is 13.2. The molecule has 0 radical (unpaired) electrons. The molecule has 0 fully saturated rings. The molecule has 21 heavy (non-hydrogen) atoms. The quantitative estimate of drug-likeness (QED) is 0.780. The Balaban J connectivity index is 1.97. The highest BCUT2D eigenvalue weighted by Gasteiger charge is 2.10. The van der Waals surface area contributed by atoms with Crippen molar-refractivity contribution in [2.45, 2.75) is 6.92 Å². The summed E-state index contributed by atoms with van der Waals surface area (Å²) in [4.78, 5) is 8.67. The van der Waals surface area contributed by atoms with Gasteiger partial charge in [0.1, 0.15) is 17.3 Å². The Labute approximate surface area is 122 Å². The van der Waals surface area contributed by atoms with Crippen LogP contribution < -0.4 is 14.8 Å². The van der Waals surface area contributed by atoms with Crippen LogP contribution in [0.3, 0.4) is 0 Å². The smallest absolute Gasteiger partial charge is 0.265 e. The van der Waals surface area contributed by atoms with Crippen LogP contribution in [-0.2, 0) is 0 Å². The Morgan fingerprint density at radius 3 is 2.95 bits per heavy atom. The lowest BCUT2D eigenvalue weighted by Gasteiger charge is -2.09. The second-order valence-electron chi connectivity index (χ2n) is 4.35. The maximum atomic E-state index is 5.87. The fourth-order valence-corrected chi connectivity index (χ4v) is 2.00. The topological polar surface area (TPSA) is 60.7 Å². The van der Waals surface area contributed by atoms with Crippen molar-refractivity contribution < 1.29 is 9.47 Å². The first-order valence-corrected chi connectivity index (χ1v) is 6.72. The van der Waals surface area contributed by atoms with Gasteiger partial charge in [-0.25, -0.2) is 4.98 Å². The fraction of sp³-hybridized carbons (Fsp3) is 0.200. The van der Waals surface area contributed by atoms with E-state index in [1.165, 1.54) is 0 Å². The molecular formula is C15H16N4O2. The average Bonchev–Trinajstić information content (AvgIpc) is 2.96. The molecule has 0 bridgehead atoms. The third-order valence-electron chi connectivity index (χ3n) is 2.93. The zero-order valence-corrected chi connectivity index (χ0v) is 11.9. The molecule has 0 aliphatic heterocycles. The van der Waals surface area contributed by atoms with Crippen molar-refractivity contribution in [2.75, 3.05) is 19.0 Å². The molecule has 2 aromatic heterocycles. The lowest BCUT2D eigenvalue weighted by molar-refractivity contribution is 0.338. The number of nitrogens with zero attached hydrogens (tertiary/aromatic N) is 3. The van der Waals surface area contributed by atoms with Crippen molar-refractivity contribution in [3.05, 3.63) is 42.9 Å². The lowest BCUT2D eigenvalue weighted by Crippen LogP contribution is -2.00. The van der Waals surface area contributed by atoms with Crippen molar-refractivity contribution in [1.29, 1.82) is 0 Å². The van der Waals surface area contributed by atoms with Crippen molar-refractivity contribution in [1.82, 2.24) is 14.4 Å². The van der Waals surface area contributed by atoms with Gasteiger partial charge in [0, 0.05) is 25.5 Å². The third-order valence-corrected chi connectivity index (χ3v) is 2.93. The number of fused-ring (bicyclic) bond motifs is 1. The number of rotatable bonds is 5. The van der Waals surface area contributed by atoms with E-state index in [1.807, 2.05) is 55.0 Å². The number of aromatic nitrogens is 3. The summed E-state index contributed by atoms with van der Waals surface area (Å²) in [5.41, 5.74) is 0.663. The Bertz CT molecular complexity index is 754. The van der Waals surface area contributed by atoms with Crippen LogP contribution in [0.5, 0.6) is 17.4 Å². The molecule has 0 saturated heterocycles. The third kappa shape index (κ3) is 2.74. The van der Waals surface area contributed by atoms with E-state index in [9.17, 15) is 0 Å². The zero-order valence-electron chi connectivity index (χ0n) is 11.9. The molecule has 2 heterocycles. The van der Waals surface area contributed by atoms with Crippen LogP contribution in [0.1, 0.15) is 6.92 Å². The zero-order chi connectivity index (χ0) is 14.7. The summed E-state index contributed by atoms with van der Waals surface area (Å²) in [6.45, 7) is 2.56. The number of anilines is 1. The van der Waals surface area contributed by atoms with Gasteiger partial charge in [-0.3, -0.25) is 4.40 Å². The van der Waals surface area contributed by atoms with Crippen LogP contribution in [0, 0.1) is 0 Å². The van der Waals surface area contributed by atoms with Gasteiger partial charge in [-0.1, -0.05) is 6.07 Å². The second kappa shape index (κ2) is 5.70. The summed E-state index contributed by atoms with van der Waals surface area (Å²) in [6.07, 6.45) is 5.41. The lowest BCUT2D eigenvalue weighted by atomic mass is 10.3. The van der Waals surface area contributed by atoms with Crippen LogP contribution in [0.4, 0.5) is 5.82 Å². The minimum Gasteiger partial charge on any atom is -0.494 e.